The fourth-order valence-electron chi connectivity index (χ4n) is 2.63. The van der Waals surface area contributed by atoms with Crippen LogP contribution in [-0.4, -0.2) is 75.3 Å². The van der Waals surface area contributed by atoms with Crippen LogP contribution in [0.15, 0.2) is 11.3 Å². The number of nitrogens with zero attached hydrogens (tertiary/aromatic N) is 2. The van der Waals surface area contributed by atoms with Gasteiger partial charge in [-0.1, -0.05) is 0 Å². The smallest absolute Gasteiger partial charge is 0.410 e. The molecular formula is C16H22N2O7S. The van der Waals surface area contributed by atoms with Gasteiger partial charge in [-0.2, -0.15) is 0 Å². The van der Waals surface area contributed by atoms with E-state index in [4.69, 9.17) is 9.47 Å². The summed E-state index contributed by atoms with van der Waals surface area (Å²) in [7, 11) is 1.45. The van der Waals surface area contributed by atoms with Crippen LogP contribution < -0.4 is 0 Å². The van der Waals surface area contributed by atoms with Crippen molar-refractivity contribution in [1.82, 2.24) is 9.80 Å². The average molecular weight is 386 g/mol. The van der Waals surface area contributed by atoms with Crippen molar-refractivity contribution in [3.05, 3.63) is 11.3 Å². The summed E-state index contributed by atoms with van der Waals surface area (Å²) in [5, 5.41) is 8.97. The number of carbonyl (C=O) groups is 4. The van der Waals surface area contributed by atoms with Gasteiger partial charge in [0.05, 0.1) is 0 Å². The average Bonchev–Trinajstić information content (AvgIpc) is 2.50. The minimum atomic E-state index is -1.27. The highest BCUT2D eigenvalue weighted by atomic mass is 32.2. The number of hydrogen-bond donors (Lipinski definition) is 1. The number of aliphatic carboxylic acids is 1. The van der Waals surface area contributed by atoms with Gasteiger partial charge < -0.3 is 14.6 Å². The number of hydrogen-bond acceptors (Lipinski definition) is 7. The van der Waals surface area contributed by atoms with Crippen molar-refractivity contribution in [2.24, 2.45) is 0 Å². The molecule has 26 heavy (non-hydrogen) atoms. The summed E-state index contributed by atoms with van der Waals surface area (Å²) in [6, 6.07) is -0.806. The Hall–Kier alpha value is -2.23. The first-order valence-corrected chi connectivity index (χ1v) is 8.98. The Morgan fingerprint density at radius 3 is 2.46 bits per heavy atom. The minimum absolute atomic E-state index is 0.186. The molecular weight excluding hydrogens is 364 g/mol. The Kier molecular flexibility index (Phi) is 5.55. The summed E-state index contributed by atoms with van der Waals surface area (Å²) < 4.78 is 10.1. The Morgan fingerprint density at radius 1 is 1.35 bits per heavy atom. The van der Waals surface area contributed by atoms with Crippen LogP contribution in [0, 0.1) is 0 Å². The fourth-order valence-corrected chi connectivity index (χ4v) is 4.07. The molecule has 2 aliphatic rings. The second-order valence-electron chi connectivity index (χ2n) is 6.98. The van der Waals surface area contributed by atoms with Crippen LogP contribution in [0.5, 0.6) is 0 Å². The SMILES string of the molecule is CC(=O)OCC1=C(C(=O)O)N2C(=O)[C@@H](N(C)C(=O)OC(C)(C)C)[C@H]2SC1. The van der Waals surface area contributed by atoms with E-state index in [-0.39, 0.29) is 18.1 Å². The van der Waals surface area contributed by atoms with Crippen LogP contribution >= 0.6 is 11.8 Å². The molecule has 0 aromatic heterocycles. The zero-order chi connectivity index (χ0) is 19.8. The van der Waals surface area contributed by atoms with Crippen molar-refractivity contribution in [2.75, 3.05) is 19.4 Å². The maximum atomic E-state index is 12.6. The van der Waals surface area contributed by atoms with Gasteiger partial charge in [-0.25, -0.2) is 9.59 Å². The number of carboxylic acids is 1. The first-order chi connectivity index (χ1) is 11.9. The van der Waals surface area contributed by atoms with Gasteiger partial charge in [-0.15, -0.1) is 11.8 Å². The number of amides is 2. The molecule has 2 amide bonds. The van der Waals surface area contributed by atoms with Gasteiger partial charge in [-0.05, 0) is 20.8 Å². The molecule has 0 aliphatic carbocycles. The molecule has 0 radical (unpaired) electrons. The highest BCUT2D eigenvalue weighted by Crippen LogP contribution is 2.42. The van der Waals surface area contributed by atoms with E-state index in [0.717, 1.165) is 4.90 Å². The minimum Gasteiger partial charge on any atom is -0.477 e. The van der Waals surface area contributed by atoms with Gasteiger partial charge in [0, 0.05) is 25.3 Å². The molecule has 1 fully saturated rings. The maximum Gasteiger partial charge on any atom is 0.410 e. The van der Waals surface area contributed by atoms with E-state index in [1.807, 2.05) is 0 Å². The standard InChI is InChI=1S/C16H22N2O7S/c1-8(19)24-6-9-7-26-13-11(12(20)18(13)10(9)14(21)22)17(5)15(23)25-16(2,3)4/h11,13H,6-7H2,1-5H3,(H,21,22)/t11-,13-/m1/s1. The number of ether oxygens (including phenoxy) is 2. The number of carbonyl (C=O) groups excluding carboxylic acids is 3. The first-order valence-electron chi connectivity index (χ1n) is 7.93. The number of thioether (sulfide) groups is 1. The van der Waals surface area contributed by atoms with Crippen LogP contribution in [0.4, 0.5) is 4.79 Å². The summed E-state index contributed by atoms with van der Waals surface area (Å²) in [5.74, 6) is -2.04. The van der Waals surface area contributed by atoms with Crippen LogP contribution in [0.2, 0.25) is 0 Å². The van der Waals surface area contributed by atoms with E-state index >= 15 is 0 Å². The highest BCUT2D eigenvalue weighted by Gasteiger charge is 2.56. The summed E-state index contributed by atoms with van der Waals surface area (Å²) in [6.07, 6.45) is -0.650. The molecule has 2 rings (SSSR count). The lowest BCUT2D eigenvalue weighted by Crippen LogP contribution is -2.71. The Balaban J connectivity index is 2.19. The molecule has 0 bridgehead atoms. The normalized spacial score (nSPS) is 22.3. The molecule has 0 spiro atoms. The lowest BCUT2D eigenvalue weighted by molar-refractivity contribution is -0.153. The largest absolute Gasteiger partial charge is 0.477 e. The fraction of sp³-hybridized carbons (Fsp3) is 0.625. The Bertz CT molecular complexity index is 683. The van der Waals surface area contributed by atoms with Crippen LogP contribution in [0.3, 0.4) is 0 Å². The predicted octanol–water partition coefficient (Wildman–Crippen LogP) is 1.04. The summed E-state index contributed by atoms with van der Waals surface area (Å²) in [4.78, 5) is 49.7. The molecule has 10 heteroatoms. The van der Waals surface area contributed by atoms with Crippen molar-refractivity contribution in [3.63, 3.8) is 0 Å². The van der Waals surface area contributed by atoms with Gasteiger partial charge >= 0.3 is 18.0 Å². The van der Waals surface area contributed by atoms with E-state index in [1.54, 1.807) is 20.8 Å². The lowest BCUT2D eigenvalue weighted by atomic mass is 10.0. The van der Waals surface area contributed by atoms with Crippen LogP contribution in [0.1, 0.15) is 27.7 Å². The molecule has 2 atom stereocenters. The van der Waals surface area contributed by atoms with E-state index in [0.29, 0.717) is 5.57 Å². The molecule has 1 N–H and O–H groups in total. The van der Waals surface area contributed by atoms with Crippen molar-refractivity contribution in [1.29, 1.82) is 0 Å². The Morgan fingerprint density at radius 2 is 1.96 bits per heavy atom. The summed E-state index contributed by atoms with van der Waals surface area (Å²) in [5.41, 5.74) is -0.546. The summed E-state index contributed by atoms with van der Waals surface area (Å²) in [6.45, 7) is 6.19. The number of esters is 1. The van der Waals surface area contributed by atoms with E-state index in [2.05, 4.69) is 0 Å². The van der Waals surface area contributed by atoms with Crippen molar-refractivity contribution >= 4 is 35.7 Å². The second kappa shape index (κ2) is 7.18. The second-order valence-corrected chi connectivity index (χ2v) is 8.09. The van der Waals surface area contributed by atoms with Gasteiger partial charge in [0.1, 0.15) is 29.3 Å². The van der Waals surface area contributed by atoms with Crippen molar-refractivity contribution < 1.29 is 33.8 Å². The lowest BCUT2D eigenvalue weighted by Gasteiger charge is -2.51. The van der Waals surface area contributed by atoms with Gasteiger partial charge in [0.25, 0.3) is 5.91 Å². The van der Waals surface area contributed by atoms with Gasteiger partial charge in [-0.3, -0.25) is 19.4 Å². The molecule has 2 aliphatic heterocycles. The third-order valence-electron chi connectivity index (χ3n) is 3.77. The number of rotatable bonds is 4. The first kappa shape index (κ1) is 20.1. The third kappa shape index (κ3) is 3.95. The number of fused-ring (bicyclic) bond motifs is 1. The van der Waals surface area contributed by atoms with E-state index < -0.39 is 41.0 Å². The predicted molar refractivity (Wildman–Crippen MR) is 92.2 cm³/mol. The maximum absolute atomic E-state index is 12.6. The molecule has 0 saturated carbocycles. The summed E-state index contributed by atoms with van der Waals surface area (Å²) >= 11 is 1.31. The van der Waals surface area contributed by atoms with Crippen molar-refractivity contribution in [2.45, 2.75) is 44.7 Å². The van der Waals surface area contributed by atoms with E-state index in [9.17, 15) is 24.3 Å². The molecule has 2 heterocycles. The van der Waals surface area contributed by atoms with Gasteiger partial charge in [0.2, 0.25) is 0 Å². The topological polar surface area (TPSA) is 113 Å². The molecule has 0 aromatic rings. The van der Waals surface area contributed by atoms with Crippen LogP contribution in [-0.2, 0) is 23.9 Å². The molecule has 144 valence electrons. The number of β-lactam (4-membered cyclic amide) rings is 1. The number of carboxylic acid groups (broad SMARTS) is 1. The highest BCUT2D eigenvalue weighted by molar-refractivity contribution is 8.00. The molecule has 0 aromatic carbocycles. The van der Waals surface area contributed by atoms with E-state index in [1.165, 1.54) is 30.6 Å². The van der Waals surface area contributed by atoms with Crippen LogP contribution in [0.25, 0.3) is 0 Å². The molecule has 9 nitrogen and oxygen atoms in total. The monoisotopic (exact) mass is 386 g/mol. The molecule has 1 saturated heterocycles. The zero-order valence-electron chi connectivity index (χ0n) is 15.3. The Labute approximate surface area is 155 Å². The third-order valence-corrected chi connectivity index (χ3v) is 5.10. The zero-order valence-corrected chi connectivity index (χ0v) is 16.1. The van der Waals surface area contributed by atoms with Crippen molar-refractivity contribution in [3.8, 4) is 0 Å². The van der Waals surface area contributed by atoms with Gasteiger partial charge in [0.15, 0.2) is 0 Å². The quantitative estimate of drug-likeness (QED) is 0.563. The molecule has 0 unspecified atom stereocenters. The number of likely N-dealkylation sites (N-methyl/N-ethyl adjacent to an activating group) is 1.